The first kappa shape index (κ1) is 22.4. The van der Waals surface area contributed by atoms with Gasteiger partial charge in [0.05, 0.1) is 40.9 Å². The molecule has 6 heteroatoms. The van der Waals surface area contributed by atoms with E-state index in [1.807, 2.05) is 0 Å². The van der Waals surface area contributed by atoms with Crippen LogP contribution in [0.15, 0.2) is 0 Å². The number of esters is 2. The van der Waals surface area contributed by atoms with Crippen LogP contribution in [0, 0.1) is 0 Å². The van der Waals surface area contributed by atoms with E-state index in [1.165, 1.54) is 14.2 Å². The monoisotopic (exact) mass is 360 g/mol. The molecule has 2 atom stereocenters. The summed E-state index contributed by atoms with van der Waals surface area (Å²) in [6, 6.07) is 0. The number of carbonyl (C=O) groups is 2. The Morgan fingerprint density at radius 3 is 1.83 bits per heavy atom. The second-order valence-electron chi connectivity index (χ2n) is 8.57. The fourth-order valence-corrected chi connectivity index (χ4v) is 7.63. The third kappa shape index (κ3) is 5.45. The molecule has 0 aliphatic carbocycles. The van der Waals surface area contributed by atoms with Crippen LogP contribution in [0.3, 0.4) is 0 Å². The summed E-state index contributed by atoms with van der Waals surface area (Å²) in [6.45, 7) is 15.2. The van der Waals surface area contributed by atoms with E-state index in [0.717, 1.165) is 19.3 Å². The quantitative estimate of drug-likeness (QED) is 0.442. The summed E-state index contributed by atoms with van der Waals surface area (Å²) in [5, 5.41) is -0.531. The van der Waals surface area contributed by atoms with Crippen molar-refractivity contribution >= 4 is 28.1 Å². The lowest BCUT2D eigenvalue weighted by molar-refractivity contribution is -0.146. The Kier molecular flexibility index (Phi) is 8.23. The van der Waals surface area contributed by atoms with Gasteiger partial charge in [0.2, 0.25) is 0 Å². The molecule has 0 saturated carbocycles. The highest BCUT2D eigenvalue weighted by Gasteiger charge is 2.53. The lowest BCUT2D eigenvalue weighted by atomic mass is 9.94. The maximum Gasteiger partial charge on any atom is 0.308 e. The molecule has 0 fully saturated rings. The first-order chi connectivity index (χ1) is 10.4. The summed E-state index contributed by atoms with van der Waals surface area (Å²) in [6.07, 6.45) is 3.36. The molecule has 0 aromatic rings. The van der Waals surface area contributed by atoms with E-state index >= 15 is 0 Å². The molecule has 0 aliphatic heterocycles. The van der Waals surface area contributed by atoms with E-state index in [4.69, 9.17) is 9.47 Å². The van der Waals surface area contributed by atoms with E-state index in [9.17, 15) is 9.59 Å². The maximum absolute atomic E-state index is 12.8. The van der Waals surface area contributed by atoms with E-state index in [2.05, 4.69) is 46.2 Å². The molecule has 0 bridgehead atoms. The van der Waals surface area contributed by atoms with Crippen molar-refractivity contribution in [2.24, 2.45) is 0 Å². The lowest BCUT2D eigenvalue weighted by Crippen LogP contribution is -2.49. The van der Waals surface area contributed by atoms with Gasteiger partial charge in [-0.1, -0.05) is 59.0 Å². The minimum Gasteiger partial charge on any atom is -0.469 e. The highest BCUT2D eigenvalue weighted by atomic mass is 28.3. The summed E-state index contributed by atoms with van der Waals surface area (Å²) in [4.78, 5) is 25.3. The Morgan fingerprint density at radius 1 is 1.00 bits per heavy atom. The van der Waals surface area contributed by atoms with Gasteiger partial charge in [0.25, 0.3) is 0 Å². The third-order valence-corrected chi connectivity index (χ3v) is 11.1. The van der Waals surface area contributed by atoms with Crippen molar-refractivity contribution < 1.29 is 19.1 Å². The molecule has 4 nitrogen and oxygen atoms in total. The zero-order valence-electron chi connectivity index (χ0n) is 16.5. The molecule has 23 heavy (non-hydrogen) atoms. The summed E-state index contributed by atoms with van der Waals surface area (Å²) < 4.78 is 10.3. The number of unbranched alkanes of at least 4 members (excludes halogenated alkanes) is 1. The third-order valence-electron chi connectivity index (χ3n) is 5.05. The molecule has 0 saturated heterocycles. The Balaban J connectivity index is 6.00. The van der Waals surface area contributed by atoms with Crippen molar-refractivity contribution in [1.29, 1.82) is 0 Å². The van der Waals surface area contributed by atoms with Crippen LogP contribution in [-0.2, 0) is 19.1 Å². The van der Waals surface area contributed by atoms with Crippen LogP contribution >= 0.6 is 0 Å². The molecule has 0 amide bonds. The minimum atomic E-state index is -1.92. The average molecular weight is 361 g/mol. The van der Waals surface area contributed by atoms with Gasteiger partial charge in [0.15, 0.2) is 0 Å². The normalized spacial score (nSPS) is 16.4. The molecule has 0 aliphatic rings. The molecule has 0 rings (SSSR count). The van der Waals surface area contributed by atoms with Gasteiger partial charge in [-0.05, 0) is 12.8 Å². The Hall–Kier alpha value is -0.626. The van der Waals surface area contributed by atoms with Gasteiger partial charge in [-0.25, -0.2) is 0 Å². The summed E-state index contributed by atoms with van der Waals surface area (Å²) >= 11 is 0. The topological polar surface area (TPSA) is 52.6 Å². The van der Waals surface area contributed by atoms with Crippen molar-refractivity contribution in [3.05, 3.63) is 0 Å². The van der Waals surface area contributed by atoms with Crippen LogP contribution < -0.4 is 0 Å². The Morgan fingerprint density at radius 2 is 1.52 bits per heavy atom. The van der Waals surface area contributed by atoms with Gasteiger partial charge in [-0.3, -0.25) is 9.59 Å². The second kappa shape index (κ2) is 8.47. The van der Waals surface area contributed by atoms with Gasteiger partial charge >= 0.3 is 11.9 Å². The van der Waals surface area contributed by atoms with E-state index in [-0.39, 0.29) is 17.5 Å². The lowest BCUT2D eigenvalue weighted by Gasteiger charge is -2.44. The number of hydrogen-bond acceptors (Lipinski definition) is 4. The van der Waals surface area contributed by atoms with Crippen molar-refractivity contribution in [1.82, 2.24) is 0 Å². The zero-order chi connectivity index (χ0) is 18.5. The molecule has 136 valence electrons. The van der Waals surface area contributed by atoms with E-state index in [0.29, 0.717) is 6.42 Å². The SMILES string of the molecule is CCCCC(CC(C(=O)OC)[Si](C)(C)C)(C(=O)OC)[Si](C)(C)C. The van der Waals surface area contributed by atoms with Crippen LogP contribution in [0.2, 0.25) is 49.9 Å². The number of hydrogen-bond donors (Lipinski definition) is 0. The van der Waals surface area contributed by atoms with Crippen LogP contribution in [0.5, 0.6) is 0 Å². The average Bonchev–Trinajstić information content (AvgIpc) is 2.43. The van der Waals surface area contributed by atoms with Gasteiger partial charge in [-0.2, -0.15) is 0 Å². The standard InChI is InChI=1S/C17H36O4Si2/c1-10-11-12-17(16(19)21-3,23(7,8)9)13-14(15(18)20-2)22(4,5)6/h14H,10-13H2,1-9H3. The van der Waals surface area contributed by atoms with Crippen molar-refractivity contribution in [2.75, 3.05) is 14.2 Å². The van der Waals surface area contributed by atoms with E-state index < -0.39 is 21.2 Å². The Labute approximate surface area is 144 Å². The summed E-state index contributed by atoms with van der Waals surface area (Å²) in [7, 11) is -0.832. The molecular weight excluding hydrogens is 324 g/mol. The molecule has 0 N–H and O–H groups in total. The van der Waals surface area contributed by atoms with Crippen molar-refractivity contribution in [3.63, 3.8) is 0 Å². The van der Waals surface area contributed by atoms with Gasteiger partial charge in [0, 0.05) is 0 Å². The molecule has 2 unspecified atom stereocenters. The van der Waals surface area contributed by atoms with Gasteiger partial charge < -0.3 is 9.47 Å². The van der Waals surface area contributed by atoms with Crippen LogP contribution in [0.1, 0.15) is 32.6 Å². The fraction of sp³-hybridized carbons (Fsp3) is 0.882. The number of carbonyl (C=O) groups excluding carboxylic acids is 2. The maximum atomic E-state index is 12.8. The zero-order valence-corrected chi connectivity index (χ0v) is 18.5. The number of ether oxygens (including phenoxy) is 2. The number of methoxy groups -OCH3 is 2. The van der Waals surface area contributed by atoms with Crippen molar-refractivity contribution in [3.8, 4) is 0 Å². The number of rotatable bonds is 9. The first-order valence-corrected chi connectivity index (χ1v) is 15.6. The highest BCUT2D eigenvalue weighted by molar-refractivity contribution is 6.83. The molecule has 0 radical (unpaired) electrons. The van der Waals surface area contributed by atoms with Crippen LogP contribution in [-0.4, -0.2) is 42.3 Å². The van der Waals surface area contributed by atoms with Gasteiger partial charge in [-0.15, -0.1) is 0 Å². The minimum absolute atomic E-state index is 0.141. The molecule has 0 aromatic heterocycles. The van der Waals surface area contributed by atoms with Crippen LogP contribution in [0.25, 0.3) is 0 Å². The molecule has 0 heterocycles. The van der Waals surface area contributed by atoms with E-state index in [1.54, 1.807) is 0 Å². The Bertz CT molecular complexity index is 410. The smallest absolute Gasteiger partial charge is 0.308 e. The molecular formula is C17H36O4Si2. The highest BCUT2D eigenvalue weighted by Crippen LogP contribution is 2.52. The first-order valence-electron chi connectivity index (χ1n) is 8.53. The van der Waals surface area contributed by atoms with Crippen molar-refractivity contribution in [2.45, 2.75) is 82.5 Å². The van der Waals surface area contributed by atoms with Gasteiger partial charge in [0.1, 0.15) is 0 Å². The fourth-order valence-electron chi connectivity index (χ4n) is 3.18. The largest absolute Gasteiger partial charge is 0.469 e. The summed E-state index contributed by atoms with van der Waals surface area (Å²) in [5.74, 6) is -0.315. The molecule has 0 aromatic carbocycles. The summed E-state index contributed by atoms with van der Waals surface area (Å²) in [5.41, 5.74) is -0.185. The molecule has 0 spiro atoms. The predicted octanol–water partition coefficient (Wildman–Crippen LogP) is 4.70. The van der Waals surface area contributed by atoms with Crippen LogP contribution in [0.4, 0.5) is 0 Å². The predicted molar refractivity (Wildman–Crippen MR) is 101 cm³/mol. The second-order valence-corrected chi connectivity index (χ2v) is 19.5.